The summed E-state index contributed by atoms with van der Waals surface area (Å²) in [5.41, 5.74) is -0.410. The van der Waals surface area contributed by atoms with Crippen LogP contribution in [0.2, 0.25) is 0 Å². The average molecular weight is 280 g/mol. The summed E-state index contributed by atoms with van der Waals surface area (Å²) in [6.07, 6.45) is 1.88. The van der Waals surface area contributed by atoms with Gasteiger partial charge in [-0.15, -0.1) is 0 Å². The van der Waals surface area contributed by atoms with Crippen molar-refractivity contribution in [2.45, 2.75) is 45.0 Å². The summed E-state index contributed by atoms with van der Waals surface area (Å²) < 4.78 is 5.28. The van der Waals surface area contributed by atoms with Crippen molar-refractivity contribution < 1.29 is 24.9 Å². The van der Waals surface area contributed by atoms with Crippen molar-refractivity contribution in [1.82, 2.24) is 0 Å². The minimum Gasteiger partial charge on any atom is -0.481 e. The van der Waals surface area contributed by atoms with Crippen LogP contribution < -0.4 is 4.74 Å². The molecular weight excluding hydrogens is 260 g/mol. The van der Waals surface area contributed by atoms with Crippen molar-refractivity contribution in [3.63, 3.8) is 0 Å². The molecule has 0 saturated carbocycles. The van der Waals surface area contributed by atoms with Gasteiger partial charge in [-0.25, -0.2) is 0 Å². The zero-order valence-electron chi connectivity index (χ0n) is 11.5. The molecule has 0 radical (unpaired) electrons. The van der Waals surface area contributed by atoms with Gasteiger partial charge in [0, 0.05) is 0 Å². The zero-order chi connectivity index (χ0) is 14.8. The number of hydrogen-bond donors (Lipinski definition) is 3. The summed E-state index contributed by atoms with van der Waals surface area (Å²) >= 11 is 0. The third-order valence-corrected chi connectivity index (χ3v) is 3.94. The van der Waals surface area contributed by atoms with Crippen LogP contribution in [0.4, 0.5) is 0 Å². The van der Waals surface area contributed by atoms with Gasteiger partial charge in [0.2, 0.25) is 0 Å². The third-order valence-electron chi connectivity index (χ3n) is 3.94. The topological polar surface area (TPSA) is 87.0 Å². The number of carboxylic acids is 1. The number of carboxylic acid groups (broad SMARTS) is 1. The van der Waals surface area contributed by atoms with Crippen molar-refractivity contribution in [3.8, 4) is 5.75 Å². The highest BCUT2D eigenvalue weighted by Gasteiger charge is 2.55. The number of rotatable bonds is 5. The van der Waals surface area contributed by atoms with E-state index in [4.69, 9.17) is 9.84 Å². The first-order chi connectivity index (χ1) is 9.40. The van der Waals surface area contributed by atoms with Gasteiger partial charge in [-0.05, 0) is 24.5 Å². The van der Waals surface area contributed by atoms with Crippen LogP contribution in [0.3, 0.4) is 0 Å². The van der Waals surface area contributed by atoms with Crippen LogP contribution in [0, 0.1) is 5.41 Å². The smallest absolute Gasteiger partial charge is 0.328 e. The van der Waals surface area contributed by atoms with Gasteiger partial charge in [0.15, 0.2) is 0 Å². The molecule has 20 heavy (non-hydrogen) atoms. The van der Waals surface area contributed by atoms with Gasteiger partial charge in [-0.3, -0.25) is 4.79 Å². The third kappa shape index (κ3) is 2.64. The number of unbranched alkanes of at least 4 members (excludes halogenated alkanes) is 1. The van der Waals surface area contributed by atoms with E-state index >= 15 is 0 Å². The zero-order valence-corrected chi connectivity index (χ0v) is 11.5. The predicted octanol–water partition coefficient (Wildman–Crippen LogP) is 1.91. The molecule has 5 nitrogen and oxygen atoms in total. The van der Waals surface area contributed by atoms with Crippen LogP contribution in [-0.2, 0) is 11.2 Å². The second kappa shape index (κ2) is 5.42. The first-order valence-corrected chi connectivity index (χ1v) is 6.84. The Bertz CT molecular complexity index is 497. The number of benzene rings is 1. The summed E-state index contributed by atoms with van der Waals surface area (Å²) in [6.45, 7) is 1.97. The molecule has 1 heterocycles. The lowest BCUT2D eigenvalue weighted by Gasteiger charge is -2.46. The number of ether oxygens (including phenoxy) is 1. The van der Waals surface area contributed by atoms with Gasteiger partial charge < -0.3 is 20.1 Å². The Hall–Kier alpha value is -1.59. The van der Waals surface area contributed by atoms with Crippen LogP contribution in [0.25, 0.3) is 0 Å². The second-order valence-corrected chi connectivity index (χ2v) is 5.45. The lowest BCUT2D eigenvalue weighted by molar-refractivity contribution is -0.365. The SMILES string of the molecule is CCCCC1(CC(=O)O)Cc2ccccc2OC1(O)O. The Kier molecular flexibility index (Phi) is 4.01. The fourth-order valence-corrected chi connectivity index (χ4v) is 2.81. The molecule has 1 unspecified atom stereocenters. The van der Waals surface area contributed by atoms with Crippen molar-refractivity contribution in [1.29, 1.82) is 0 Å². The highest BCUT2D eigenvalue weighted by atomic mass is 16.8. The van der Waals surface area contributed by atoms with Crippen LogP contribution in [-0.4, -0.2) is 27.3 Å². The largest absolute Gasteiger partial charge is 0.481 e. The van der Waals surface area contributed by atoms with Crippen molar-refractivity contribution in [3.05, 3.63) is 29.8 Å². The molecule has 1 aromatic carbocycles. The molecule has 110 valence electrons. The highest BCUT2D eigenvalue weighted by Crippen LogP contribution is 2.48. The van der Waals surface area contributed by atoms with E-state index in [1.807, 2.05) is 19.1 Å². The summed E-state index contributed by atoms with van der Waals surface area (Å²) in [6, 6.07) is 7.05. The van der Waals surface area contributed by atoms with Crippen LogP contribution >= 0.6 is 0 Å². The second-order valence-electron chi connectivity index (χ2n) is 5.45. The number of aliphatic hydroxyl groups is 2. The molecule has 0 fully saturated rings. The molecule has 0 aliphatic carbocycles. The van der Waals surface area contributed by atoms with E-state index in [2.05, 4.69) is 0 Å². The monoisotopic (exact) mass is 280 g/mol. The maximum atomic E-state index is 11.2. The molecule has 0 amide bonds. The normalized spacial score (nSPS) is 23.8. The van der Waals surface area contributed by atoms with Gasteiger partial charge in [0.25, 0.3) is 0 Å². The van der Waals surface area contributed by atoms with Crippen molar-refractivity contribution in [2.24, 2.45) is 5.41 Å². The standard InChI is InChI=1S/C15H20O5/c1-2-3-8-14(10-13(16)17)9-11-6-4-5-7-12(11)20-15(14,18)19/h4-7,18-19H,2-3,8-10H2,1H3,(H,16,17). The maximum absolute atomic E-state index is 11.2. The first kappa shape index (κ1) is 14.8. The summed E-state index contributed by atoms with van der Waals surface area (Å²) in [4.78, 5) is 11.2. The van der Waals surface area contributed by atoms with E-state index in [9.17, 15) is 15.0 Å². The van der Waals surface area contributed by atoms with Crippen LogP contribution in [0.15, 0.2) is 24.3 Å². The number of hydrogen-bond acceptors (Lipinski definition) is 4. The van der Waals surface area contributed by atoms with Gasteiger partial charge in [-0.1, -0.05) is 38.0 Å². The molecule has 0 spiro atoms. The van der Waals surface area contributed by atoms with E-state index < -0.39 is 17.4 Å². The fraction of sp³-hybridized carbons (Fsp3) is 0.533. The first-order valence-electron chi connectivity index (χ1n) is 6.84. The maximum Gasteiger partial charge on any atom is 0.328 e. The van der Waals surface area contributed by atoms with Crippen molar-refractivity contribution in [2.75, 3.05) is 0 Å². The lowest BCUT2D eigenvalue weighted by atomic mass is 9.71. The fourth-order valence-electron chi connectivity index (χ4n) is 2.81. The van der Waals surface area contributed by atoms with E-state index in [1.54, 1.807) is 12.1 Å². The summed E-state index contributed by atoms with van der Waals surface area (Å²) in [5, 5.41) is 29.7. The number of aliphatic carboxylic acids is 1. The molecule has 0 bridgehead atoms. The average Bonchev–Trinajstić information content (AvgIpc) is 2.36. The summed E-state index contributed by atoms with van der Waals surface area (Å²) in [7, 11) is 0. The van der Waals surface area contributed by atoms with E-state index in [0.29, 0.717) is 18.6 Å². The Balaban J connectivity index is 2.41. The molecular formula is C15H20O5. The van der Waals surface area contributed by atoms with Crippen LogP contribution in [0.1, 0.15) is 38.2 Å². The number of para-hydroxylation sites is 1. The Labute approximate surface area is 117 Å². The molecule has 3 N–H and O–H groups in total. The van der Waals surface area contributed by atoms with Crippen LogP contribution in [0.5, 0.6) is 5.75 Å². The van der Waals surface area contributed by atoms with E-state index in [0.717, 1.165) is 12.0 Å². The molecule has 1 aliphatic rings. The number of carbonyl (C=O) groups is 1. The predicted molar refractivity (Wildman–Crippen MR) is 72.2 cm³/mol. The quantitative estimate of drug-likeness (QED) is 0.717. The Morgan fingerprint density at radius 1 is 1.35 bits per heavy atom. The molecule has 1 aromatic rings. The van der Waals surface area contributed by atoms with Gasteiger partial charge in [0.1, 0.15) is 5.75 Å². The van der Waals surface area contributed by atoms with Gasteiger partial charge in [0.05, 0.1) is 11.8 Å². The van der Waals surface area contributed by atoms with E-state index in [-0.39, 0.29) is 12.8 Å². The highest BCUT2D eigenvalue weighted by molar-refractivity contribution is 5.68. The molecule has 2 rings (SSSR count). The van der Waals surface area contributed by atoms with E-state index in [1.165, 1.54) is 0 Å². The summed E-state index contributed by atoms with van der Waals surface area (Å²) in [5.74, 6) is -3.12. The molecule has 1 atom stereocenters. The van der Waals surface area contributed by atoms with Gasteiger partial charge >= 0.3 is 11.9 Å². The Morgan fingerprint density at radius 2 is 2.05 bits per heavy atom. The van der Waals surface area contributed by atoms with Crippen molar-refractivity contribution >= 4 is 5.97 Å². The molecule has 0 saturated heterocycles. The molecule has 1 aliphatic heterocycles. The number of fused-ring (bicyclic) bond motifs is 1. The van der Waals surface area contributed by atoms with Gasteiger partial charge in [-0.2, -0.15) is 0 Å². The Morgan fingerprint density at radius 3 is 2.70 bits per heavy atom. The minimum absolute atomic E-state index is 0.280. The lowest BCUT2D eigenvalue weighted by Crippen LogP contribution is -2.57. The minimum atomic E-state index is -2.46. The molecule has 0 aromatic heterocycles. The molecule has 5 heteroatoms.